The summed E-state index contributed by atoms with van der Waals surface area (Å²) in [7, 11) is 0. The standard InChI is InChI=1S/C16H22N2OS/c19-16-6-5-14-15(18(16)10-12-3-4-12)7-8-17(14)11-13-2-1-9-20-13/h1-2,9,12,14-15H,3-8,10-11H2/t14-,15-/m1/s1. The van der Waals surface area contributed by atoms with Gasteiger partial charge in [-0.2, -0.15) is 0 Å². The molecule has 1 amide bonds. The zero-order chi connectivity index (χ0) is 13.5. The molecule has 1 aliphatic carbocycles. The second kappa shape index (κ2) is 5.15. The first-order valence-electron chi connectivity index (χ1n) is 7.87. The predicted molar refractivity (Wildman–Crippen MR) is 80.6 cm³/mol. The van der Waals surface area contributed by atoms with Gasteiger partial charge in [-0.05, 0) is 43.0 Å². The highest BCUT2D eigenvalue weighted by Crippen LogP contribution is 2.37. The minimum atomic E-state index is 0.413. The van der Waals surface area contributed by atoms with E-state index in [0.717, 1.165) is 38.4 Å². The number of amides is 1. The summed E-state index contributed by atoms with van der Waals surface area (Å²) < 4.78 is 0. The Kier molecular flexibility index (Phi) is 3.31. The van der Waals surface area contributed by atoms with Crippen molar-refractivity contribution in [3.63, 3.8) is 0 Å². The van der Waals surface area contributed by atoms with Crippen LogP contribution in [0.25, 0.3) is 0 Å². The SMILES string of the molecule is O=C1CC[C@@H]2[C@@H](CCN2Cc2cccs2)N1CC1CC1. The summed E-state index contributed by atoms with van der Waals surface area (Å²) in [6.45, 7) is 3.26. The molecule has 0 bridgehead atoms. The fraction of sp³-hybridized carbons (Fsp3) is 0.688. The molecule has 3 nitrogen and oxygen atoms in total. The fourth-order valence-corrected chi connectivity index (χ4v) is 4.58. The van der Waals surface area contributed by atoms with Crippen LogP contribution in [0.1, 0.15) is 37.0 Å². The van der Waals surface area contributed by atoms with E-state index < -0.39 is 0 Å². The van der Waals surface area contributed by atoms with Gasteiger partial charge in [-0.25, -0.2) is 0 Å². The van der Waals surface area contributed by atoms with Crippen LogP contribution in [0.15, 0.2) is 17.5 Å². The van der Waals surface area contributed by atoms with E-state index in [1.54, 1.807) is 0 Å². The lowest BCUT2D eigenvalue weighted by atomic mass is 9.96. The van der Waals surface area contributed by atoms with Gasteiger partial charge in [0.2, 0.25) is 5.91 Å². The largest absolute Gasteiger partial charge is 0.338 e. The van der Waals surface area contributed by atoms with Crippen LogP contribution >= 0.6 is 11.3 Å². The maximum absolute atomic E-state index is 12.2. The Morgan fingerprint density at radius 3 is 2.85 bits per heavy atom. The van der Waals surface area contributed by atoms with Gasteiger partial charge in [0.15, 0.2) is 0 Å². The highest BCUT2D eigenvalue weighted by molar-refractivity contribution is 7.09. The molecule has 0 unspecified atom stereocenters. The number of nitrogens with zero attached hydrogens (tertiary/aromatic N) is 2. The maximum Gasteiger partial charge on any atom is 0.222 e. The Morgan fingerprint density at radius 2 is 2.10 bits per heavy atom. The number of hydrogen-bond donors (Lipinski definition) is 0. The van der Waals surface area contributed by atoms with Crippen LogP contribution in [0, 0.1) is 5.92 Å². The van der Waals surface area contributed by atoms with Crippen molar-refractivity contribution in [3.05, 3.63) is 22.4 Å². The zero-order valence-electron chi connectivity index (χ0n) is 11.8. The number of carbonyl (C=O) groups excluding carboxylic acids is 1. The van der Waals surface area contributed by atoms with Gasteiger partial charge in [-0.1, -0.05) is 6.07 Å². The van der Waals surface area contributed by atoms with Gasteiger partial charge in [0, 0.05) is 43.0 Å². The molecule has 1 aromatic rings. The van der Waals surface area contributed by atoms with Crippen molar-refractivity contribution in [2.24, 2.45) is 5.92 Å². The van der Waals surface area contributed by atoms with Crippen molar-refractivity contribution in [3.8, 4) is 0 Å². The summed E-state index contributed by atoms with van der Waals surface area (Å²) in [4.78, 5) is 18.5. The first-order valence-corrected chi connectivity index (χ1v) is 8.75. The molecule has 2 atom stereocenters. The molecule has 3 fully saturated rings. The average Bonchev–Trinajstić information content (AvgIpc) is 2.96. The number of hydrogen-bond acceptors (Lipinski definition) is 3. The Balaban J connectivity index is 1.46. The summed E-state index contributed by atoms with van der Waals surface area (Å²) >= 11 is 1.85. The molecule has 0 aromatic carbocycles. The second-order valence-electron chi connectivity index (χ2n) is 6.50. The minimum Gasteiger partial charge on any atom is -0.338 e. The van der Waals surface area contributed by atoms with Crippen molar-refractivity contribution >= 4 is 17.2 Å². The molecule has 1 aromatic heterocycles. The molecule has 2 aliphatic heterocycles. The van der Waals surface area contributed by atoms with Crippen LogP contribution in [-0.4, -0.2) is 40.9 Å². The van der Waals surface area contributed by atoms with E-state index >= 15 is 0 Å². The molecule has 3 aliphatic rings. The van der Waals surface area contributed by atoms with Gasteiger partial charge in [-0.15, -0.1) is 11.3 Å². The number of piperidine rings is 1. The number of carbonyl (C=O) groups is 1. The van der Waals surface area contributed by atoms with E-state index in [1.165, 1.54) is 24.1 Å². The van der Waals surface area contributed by atoms with E-state index in [1.807, 2.05) is 11.3 Å². The summed E-state index contributed by atoms with van der Waals surface area (Å²) in [5.41, 5.74) is 0. The number of rotatable bonds is 4. The fourth-order valence-electron chi connectivity index (χ4n) is 3.85. The van der Waals surface area contributed by atoms with E-state index in [-0.39, 0.29) is 0 Å². The second-order valence-corrected chi connectivity index (χ2v) is 7.53. The molecule has 3 heterocycles. The smallest absolute Gasteiger partial charge is 0.222 e. The van der Waals surface area contributed by atoms with E-state index in [0.29, 0.717) is 18.0 Å². The van der Waals surface area contributed by atoms with Crippen molar-refractivity contribution in [1.29, 1.82) is 0 Å². The molecule has 1 saturated carbocycles. The molecule has 2 saturated heterocycles. The molecule has 0 spiro atoms. The molecule has 0 radical (unpaired) electrons. The topological polar surface area (TPSA) is 23.6 Å². The van der Waals surface area contributed by atoms with Crippen LogP contribution < -0.4 is 0 Å². The van der Waals surface area contributed by atoms with Crippen molar-refractivity contribution in [1.82, 2.24) is 9.80 Å². The minimum absolute atomic E-state index is 0.413. The zero-order valence-corrected chi connectivity index (χ0v) is 12.6. The van der Waals surface area contributed by atoms with Gasteiger partial charge < -0.3 is 4.90 Å². The van der Waals surface area contributed by atoms with Gasteiger partial charge in [0.25, 0.3) is 0 Å². The summed E-state index contributed by atoms with van der Waals surface area (Å²) in [6.07, 6.45) is 5.67. The third kappa shape index (κ3) is 2.40. The lowest BCUT2D eigenvalue weighted by Gasteiger charge is -2.40. The third-order valence-corrected chi connectivity index (χ3v) is 5.95. The number of fused-ring (bicyclic) bond motifs is 1. The molecule has 108 valence electrons. The Bertz CT molecular complexity index is 483. The molecule has 4 rings (SSSR count). The van der Waals surface area contributed by atoms with Gasteiger partial charge in [0.1, 0.15) is 0 Å². The predicted octanol–water partition coefficient (Wildman–Crippen LogP) is 2.72. The normalized spacial score (nSPS) is 30.8. The van der Waals surface area contributed by atoms with Crippen LogP contribution in [0.4, 0.5) is 0 Å². The van der Waals surface area contributed by atoms with Gasteiger partial charge in [-0.3, -0.25) is 9.69 Å². The average molecular weight is 290 g/mol. The Hall–Kier alpha value is -0.870. The molecule has 20 heavy (non-hydrogen) atoms. The summed E-state index contributed by atoms with van der Waals surface area (Å²) in [6, 6.07) is 5.47. The van der Waals surface area contributed by atoms with Gasteiger partial charge in [0.05, 0.1) is 0 Å². The van der Waals surface area contributed by atoms with Crippen LogP contribution in [0.5, 0.6) is 0 Å². The monoisotopic (exact) mass is 290 g/mol. The molecule has 4 heteroatoms. The summed E-state index contributed by atoms with van der Waals surface area (Å²) in [5.74, 6) is 1.22. The Labute approximate surface area is 124 Å². The van der Waals surface area contributed by atoms with Crippen molar-refractivity contribution in [2.75, 3.05) is 13.1 Å². The lowest BCUT2D eigenvalue weighted by molar-refractivity contribution is -0.138. The van der Waals surface area contributed by atoms with E-state index in [2.05, 4.69) is 27.3 Å². The van der Waals surface area contributed by atoms with Crippen molar-refractivity contribution < 1.29 is 4.79 Å². The highest BCUT2D eigenvalue weighted by Gasteiger charge is 2.44. The molecular formula is C16H22N2OS. The molecule has 0 N–H and O–H groups in total. The number of likely N-dealkylation sites (tertiary alicyclic amines) is 2. The van der Waals surface area contributed by atoms with Crippen LogP contribution in [0.3, 0.4) is 0 Å². The van der Waals surface area contributed by atoms with Crippen LogP contribution in [0.2, 0.25) is 0 Å². The highest BCUT2D eigenvalue weighted by atomic mass is 32.1. The van der Waals surface area contributed by atoms with E-state index in [9.17, 15) is 4.79 Å². The number of thiophene rings is 1. The van der Waals surface area contributed by atoms with Gasteiger partial charge >= 0.3 is 0 Å². The lowest BCUT2D eigenvalue weighted by Crippen LogP contribution is -2.52. The van der Waals surface area contributed by atoms with Crippen LogP contribution in [-0.2, 0) is 11.3 Å². The third-order valence-electron chi connectivity index (χ3n) is 5.09. The Morgan fingerprint density at radius 1 is 1.20 bits per heavy atom. The summed E-state index contributed by atoms with van der Waals surface area (Å²) in [5, 5.41) is 2.16. The van der Waals surface area contributed by atoms with Crippen molar-refractivity contribution in [2.45, 2.75) is 50.7 Å². The molecular weight excluding hydrogens is 268 g/mol. The van der Waals surface area contributed by atoms with E-state index in [4.69, 9.17) is 0 Å². The first kappa shape index (κ1) is 12.8. The maximum atomic E-state index is 12.2. The quantitative estimate of drug-likeness (QED) is 0.851. The first-order chi connectivity index (χ1) is 9.81.